The van der Waals surface area contributed by atoms with Gasteiger partial charge in [0.15, 0.2) is 0 Å². The van der Waals surface area contributed by atoms with Crippen molar-refractivity contribution in [3.63, 3.8) is 0 Å². The molecule has 0 spiro atoms. The third-order valence-electron chi connectivity index (χ3n) is 3.68. The van der Waals surface area contributed by atoms with Gasteiger partial charge in [-0.1, -0.05) is 19.8 Å². The molecule has 2 N–H and O–H groups in total. The SMILES string of the molecule is CCC1CN(CCCCCCO)CCC1O. The topological polar surface area (TPSA) is 43.7 Å². The minimum atomic E-state index is -0.0735. The maximum atomic E-state index is 9.77. The van der Waals surface area contributed by atoms with Crippen molar-refractivity contribution in [2.24, 2.45) is 5.92 Å². The molecule has 16 heavy (non-hydrogen) atoms. The van der Waals surface area contributed by atoms with Gasteiger partial charge in [0.1, 0.15) is 0 Å². The number of piperidine rings is 1. The van der Waals surface area contributed by atoms with Crippen molar-refractivity contribution in [1.29, 1.82) is 0 Å². The van der Waals surface area contributed by atoms with Gasteiger partial charge in [0.2, 0.25) is 0 Å². The lowest BCUT2D eigenvalue weighted by atomic mass is 9.92. The molecule has 2 atom stereocenters. The van der Waals surface area contributed by atoms with Gasteiger partial charge >= 0.3 is 0 Å². The minimum Gasteiger partial charge on any atom is -0.396 e. The third-order valence-corrected chi connectivity index (χ3v) is 3.68. The van der Waals surface area contributed by atoms with Crippen LogP contribution in [0.2, 0.25) is 0 Å². The van der Waals surface area contributed by atoms with Gasteiger partial charge in [0.05, 0.1) is 6.10 Å². The van der Waals surface area contributed by atoms with Gasteiger partial charge in [-0.15, -0.1) is 0 Å². The fourth-order valence-electron chi connectivity index (χ4n) is 2.50. The Labute approximate surface area is 99.5 Å². The molecule has 96 valence electrons. The van der Waals surface area contributed by atoms with Gasteiger partial charge < -0.3 is 15.1 Å². The first-order valence-corrected chi connectivity index (χ1v) is 6.79. The van der Waals surface area contributed by atoms with Crippen molar-refractivity contribution in [1.82, 2.24) is 4.90 Å². The summed E-state index contributed by atoms with van der Waals surface area (Å²) in [5, 5.41) is 18.4. The number of likely N-dealkylation sites (tertiary alicyclic amines) is 1. The van der Waals surface area contributed by atoms with Crippen LogP contribution in [-0.2, 0) is 0 Å². The van der Waals surface area contributed by atoms with Crippen LogP contribution in [0, 0.1) is 5.92 Å². The quantitative estimate of drug-likeness (QED) is 0.652. The highest BCUT2D eigenvalue weighted by atomic mass is 16.3. The Bertz CT molecular complexity index is 175. The van der Waals surface area contributed by atoms with Crippen LogP contribution in [0.4, 0.5) is 0 Å². The van der Waals surface area contributed by atoms with Gasteiger partial charge in [-0.2, -0.15) is 0 Å². The predicted octanol–water partition coefficient (Wildman–Crippen LogP) is 1.63. The highest BCUT2D eigenvalue weighted by Gasteiger charge is 2.25. The fourth-order valence-corrected chi connectivity index (χ4v) is 2.50. The zero-order chi connectivity index (χ0) is 11.8. The molecule has 2 unspecified atom stereocenters. The van der Waals surface area contributed by atoms with E-state index in [-0.39, 0.29) is 6.10 Å². The first-order valence-electron chi connectivity index (χ1n) is 6.79. The second kappa shape index (κ2) is 8.04. The molecule has 0 radical (unpaired) electrons. The summed E-state index contributed by atoms with van der Waals surface area (Å²) in [6.07, 6.45) is 6.48. The molecular weight excluding hydrogens is 202 g/mol. The number of rotatable bonds is 7. The maximum Gasteiger partial charge on any atom is 0.0592 e. The summed E-state index contributed by atoms with van der Waals surface area (Å²) in [5.41, 5.74) is 0. The van der Waals surface area contributed by atoms with E-state index < -0.39 is 0 Å². The summed E-state index contributed by atoms with van der Waals surface area (Å²) in [4.78, 5) is 2.49. The number of nitrogens with zero attached hydrogens (tertiary/aromatic N) is 1. The van der Waals surface area contributed by atoms with E-state index in [0.29, 0.717) is 12.5 Å². The molecule has 0 aromatic rings. The number of unbranched alkanes of at least 4 members (excludes halogenated alkanes) is 3. The molecule has 1 heterocycles. The third kappa shape index (κ3) is 4.81. The van der Waals surface area contributed by atoms with Gasteiger partial charge in [0, 0.05) is 19.7 Å². The highest BCUT2D eigenvalue weighted by Crippen LogP contribution is 2.20. The van der Waals surface area contributed by atoms with Gasteiger partial charge in [-0.05, 0) is 38.1 Å². The average molecular weight is 229 g/mol. The molecule has 0 aliphatic carbocycles. The van der Waals surface area contributed by atoms with Gasteiger partial charge in [-0.3, -0.25) is 0 Å². The molecule has 0 saturated carbocycles. The number of aliphatic hydroxyl groups excluding tert-OH is 2. The molecule has 3 nitrogen and oxygen atoms in total. The van der Waals surface area contributed by atoms with Crippen molar-refractivity contribution in [3.05, 3.63) is 0 Å². The lowest BCUT2D eigenvalue weighted by Crippen LogP contribution is -2.43. The molecule has 1 aliphatic heterocycles. The largest absolute Gasteiger partial charge is 0.396 e. The zero-order valence-corrected chi connectivity index (χ0v) is 10.6. The van der Waals surface area contributed by atoms with Crippen LogP contribution in [0.5, 0.6) is 0 Å². The Morgan fingerprint density at radius 1 is 1.19 bits per heavy atom. The number of hydrogen-bond donors (Lipinski definition) is 2. The molecule has 3 heteroatoms. The van der Waals surface area contributed by atoms with Crippen molar-refractivity contribution < 1.29 is 10.2 Å². The molecule has 1 saturated heterocycles. The average Bonchev–Trinajstić information content (AvgIpc) is 2.31. The molecule has 1 fully saturated rings. The van der Waals surface area contributed by atoms with E-state index in [4.69, 9.17) is 5.11 Å². The first-order chi connectivity index (χ1) is 7.77. The summed E-state index contributed by atoms with van der Waals surface area (Å²) in [5.74, 6) is 0.478. The van der Waals surface area contributed by atoms with E-state index in [2.05, 4.69) is 11.8 Å². The lowest BCUT2D eigenvalue weighted by Gasteiger charge is -2.35. The van der Waals surface area contributed by atoms with E-state index in [9.17, 15) is 5.11 Å². The molecule has 0 aromatic heterocycles. The molecular formula is C13H27NO2. The van der Waals surface area contributed by atoms with E-state index in [1.165, 1.54) is 12.8 Å². The van der Waals surface area contributed by atoms with E-state index in [1.54, 1.807) is 0 Å². The summed E-state index contributed by atoms with van der Waals surface area (Å²) in [7, 11) is 0. The van der Waals surface area contributed by atoms with Gasteiger partial charge in [0.25, 0.3) is 0 Å². The number of hydrogen-bond acceptors (Lipinski definition) is 3. The van der Waals surface area contributed by atoms with Crippen LogP contribution in [0.1, 0.15) is 45.4 Å². The van der Waals surface area contributed by atoms with E-state index >= 15 is 0 Å². The molecule has 0 bridgehead atoms. The Morgan fingerprint density at radius 2 is 1.94 bits per heavy atom. The van der Waals surface area contributed by atoms with Crippen LogP contribution in [0.15, 0.2) is 0 Å². The molecule has 1 rings (SSSR count). The standard InChI is InChI=1S/C13H27NO2/c1-2-12-11-14(9-7-13(12)16)8-5-3-4-6-10-15/h12-13,15-16H,2-11H2,1H3. The van der Waals surface area contributed by atoms with Crippen molar-refractivity contribution in [3.8, 4) is 0 Å². The first kappa shape index (κ1) is 13.9. The van der Waals surface area contributed by atoms with Crippen LogP contribution < -0.4 is 0 Å². The smallest absolute Gasteiger partial charge is 0.0592 e. The Hall–Kier alpha value is -0.120. The Balaban J connectivity index is 2.08. The van der Waals surface area contributed by atoms with Crippen LogP contribution in [-0.4, -0.2) is 47.5 Å². The molecule has 1 aliphatic rings. The Kier molecular flexibility index (Phi) is 7.01. The normalized spacial score (nSPS) is 27.2. The van der Waals surface area contributed by atoms with Crippen molar-refractivity contribution >= 4 is 0 Å². The van der Waals surface area contributed by atoms with Crippen LogP contribution >= 0.6 is 0 Å². The zero-order valence-electron chi connectivity index (χ0n) is 10.6. The minimum absolute atomic E-state index is 0.0735. The van der Waals surface area contributed by atoms with Crippen molar-refractivity contribution in [2.45, 2.75) is 51.6 Å². The second-order valence-corrected chi connectivity index (χ2v) is 4.96. The molecule has 0 aromatic carbocycles. The summed E-state index contributed by atoms with van der Waals surface area (Å²) >= 11 is 0. The van der Waals surface area contributed by atoms with Crippen LogP contribution in [0.25, 0.3) is 0 Å². The number of aliphatic hydroxyl groups is 2. The Morgan fingerprint density at radius 3 is 2.62 bits per heavy atom. The predicted molar refractivity (Wildman–Crippen MR) is 66.4 cm³/mol. The summed E-state index contributed by atoms with van der Waals surface area (Å²) < 4.78 is 0. The monoisotopic (exact) mass is 229 g/mol. The molecule has 0 amide bonds. The van der Waals surface area contributed by atoms with Crippen molar-refractivity contribution in [2.75, 3.05) is 26.2 Å². The lowest BCUT2D eigenvalue weighted by molar-refractivity contribution is 0.0246. The second-order valence-electron chi connectivity index (χ2n) is 4.96. The fraction of sp³-hybridized carbons (Fsp3) is 1.00. The van der Waals surface area contributed by atoms with Gasteiger partial charge in [-0.25, -0.2) is 0 Å². The maximum absolute atomic E-state index is 9.77. The highest BCUT2D eigenvalue weighted by molar-refractivity contribution is 4.78. The van der Waals surface area contributed by atoms with E-state index in [1.807, 2.05) is 0 Å². The summed E-state index contributed by atoms with van der Waals surface area (Å²) in [6, 6.07) is 0. The summed E-state index contributed by atoms with van der Waals surface area (Å²) in [6.45, 7) is 5.77. The van der Waals surface area contributed by atoms with Crippen LogP contribution in [0.3, 0.4) is 0 Å². The van der Waals surface area contributed by atoms with E-state index in [0.717, 1.165) is 45.3 Å².